The van der Waals surface area contributed by atoms with Crippen LogP contribution >= 0.6 is 0 Å². The zero-order valence-electron chi connectivity index (χ0n) is 12.4. The zero-order valence-corrected chi connectivity index (χ0v) is 12.4. The van der Waals surface area contributed by atoms with Gasteiger partial charge in [0.05, 0.1) is 6.04 Å². The van der Waals surface area contributed by atoms with Crippen molar-refractivity contribution in [3.05, 3.63) is 35.4 Å². The Labute approximate surface area is 122 Å². The molecule has 1 aromatic rings. The first-order valence-corrected chi connectivity index (χ1v) is 6.85. The lowest BCUT2D eigenvalue weighted by Crippen LogP contribution is -2.44. The number of amides is 1. The highest BCUT2D eigenvalue weighted by Crippen LogP contribution is 2.15. The van der Waals surface area contributed by atoms with Crippen molar-refractivity contribution in [3.63, 3.8) is 0 Å². The summed E-state index contributed by atoms with van der Waals surface area (Å²) in [7, 11) is 0. The molecule has 2 N–H and O–H groups in total. The number of rotatable bonds is 6. The summed E-state index contributed by atoms with van der Waals surface area (Å²) >= 11 is 0. The molecule has 3 nitrogen and oxygen atoms in total. The molecule has 1 aromatic carbocycles. The third-order valence-electron chi connectivity index (χ3n) is 3.12. The second-order valence-electron chi connectivity index (χ2n) is 5.33. The van der Waals surface area contributed by atoms with E-state index in [0.29, 0.717) is 12.5 Å². The monoisotopic (exact) mass is 302 g/mol. The minimum atomic E-state index is -4.39. The molecule has 0 aliphatic heterocycles. The van der Waals surface area contributed by atoms with E-state index in [2.05, 4.69) is 19.2 Å². The molecular weight excluding hydrogens is 281 g/mol. The minimum absolute atomic E-state index is 0.430. The summed E-state index contributed by atoms with van der Waals surface area (Å²) in [4.78, 5) is 11.5. The third kappa shape index (κ3) is 6.62. The van der Waals surface area contributed by atoms with Crippen LogP contribution in [0, 0.1) is 0 Å². The molecule has 0 aliphatic rings. The van der Waals surface area contributed by atoms with Crippen molar-refractivity contribution in [1.29, 1.82) is 0 Å². The second kappa shape index (κ2) is 7.45. The molecule has 0 aliphatic carbocycles. The van der Waals surface area contributed by atoms with E-state index in [4.69, 9.17) is 0 Å². The average Bonchev–Trinajstić information content (AvgIpc) is 2.41. The van der Waals surface area contributed by atoms with E-state index in [1.807, 2.05) is 29.6 Å². The lowest BCUT2D eigenvalue weighted by molar-refractivity contribution is -0.139. The Morgan fingerprint density at radius 3 is 2.19 bits per heavy atom. The van der Waals surface area contributed by atoms with E-state index < -0.39 is 24.7 Å². The fourth-order valence-electron chi connectivity index (χ4n) is 1.72. The van der Waals surface area contributed by atoms with Crippen molar-refractivity contribution in [2.45, 2.75) is 45.5 Å². The van der Waals surface area contributed by atoms with Gasteiger partial charge in [-0.2, -0.15) is 13.2 Å². The maximum absolute atomic E-state index is 12.0. The number of nitrogens with one attached hydrogen (secondary N) is 2. The van der Waals surface area contributed by atoms with Gasteiger partial charge in [-0.1, -0.05) is 38.1 Å². The summed E-state index contributed by atoms with van der Waals surface area (Å²) < 4.78 is 36.0. The van der Waals surface area contributed by atoms with Crippen LogP contribution in [-0.4, -0.2) is 24.7 Å². The van der Waals surface area contributed by atoms with Crippen LogP contribution in [0.2, 0.25) is 0 Å². The Morgan fingerprint density at radius 1 is 1.14 bits per heavy atom. The first-order chi connectivity index (χ1) is 9.69. The van der Waals surface area contributed by atoms with Crippen LogP contribution in [0.3, 0.4) is 0 Å². The average molecular weight is 302 g/mol. The summed E-state index contributed by atoms with van der Waals surface area (Å²) in [5.41, 5.74) is 2.20. The molecule has 0 heterocycles. The molecule has 6 heteroatoms. The fourth-order valence-corrected chi connectivity index (χ4v) is 1.72. The summed E-state index contributed by atoms with van der Waals surface area (Å²) in [5.74, 6) is -0.217. The van der Waals surface area contributed by atoms with Gasteiger partial charge in [-0.05, 0) is 24.0 Å². The zero-order chi connectivity index (χ0) is 16.0. The SMILES string of the molecule is CC(NCc1ccc(C(C)C)cc1)C(=O)NCC(F)(F)F. The molecule has 0 bridgehead atoms. The first-order valence-electron chi connectivity index (χ1n) is 6.85. The predicted octanol–water partition coefficient (Wildman–Crippen LogP) is 2.97. The molecule has 118 valence electrons. The number of alkyl halides is 3. The van der Waals surface area contributed by atoms with Crippen molar-refractivity contribution < 1.29 is 18.0 Å². The van der Waals surface area contributed by atoms with Gasteiger partial charge in [0.2, 0.25) is 5.91 Å². The lowest BCUT2D eigenvalue weighted by Gasteiger charge is -2.15. The number of hydrogen-bond acceptors (Lipinski definition) is 2. The third-order valence-corrected chi connectivity index (χ3v) is 3.12. The predicted molar refractivity (Wildman–Crippen MR) is 75.9 cm³/mol. The summed E-state index contributed by atoms with van der Waals surface area (Å²) in [6.45, 7) is 4.86. The van der Waals surface area contributed by atoms with Gasteiger partial charge < -0.3 is 10.6 Å². The van der Waals surface area contributed by atoms with Crippen LogP contribution < -0.4 is 10.6 Å². The molecule has 0 fully saturated rings. The molecule has 0 saturated heterocycles. The van der Waals surface area contributed by atoms with E-state index in [9.17, 15) is 18.0 Å². The smallest absolute Gasteiger partial charge is 0.346 e. The van der Waals surface area contributed by atoms with E-state index in [1.165, 1.54) is 12.5 Å². The van der Waals surface area contributed by atoms with Crippen LogP contribution in [0.25, 0.3) is 0 Å². The van der Waals surface area contributed by atoms with Crippen LogP contribution in [0.5, 0.6) is 0 Å². The Hall–Kier alpha value is -1.56. The van der Waals surface area contributed by atoms with E-state index in [0.717, 1.165) is 5.56 Å². The molecule has 0 spiro atoms. The van der Waals surface area contributed by atoms with Crippen molar-refractivity contribution in [2.75, 3.05) is 6.54 Å². The molecule has 0 aromatic heterocycles. The molecule has 1 unspecified atom stereocenters. The number of halogens is 3. The number of carbonyl (C=O) groups is 1. The van der Waals surface area contributed by atoms with E-state index in [-0.39, 0.29) is 0 Å². The van der Waals surface area contributed by atoms with Crippen LogP contribution in [0.15, 0.2) is 24.3 Å². The van der Waals surface area contributed by atoms with Gasteiger partial charge in [-0.15, -0.1) is 0 Å². The largest absolute Gasteiger partial charge is 0.405 e. The normalized spacial score (nSPS) is 13.3. The Morgan fingerprint density at radius 2 is 1.71 bits per heavy atom. The number of carbonyl (C=O) groups excluding carboxylic acids is 1. The summed E-state index contributed by atoms with van der Waals surface area (Å²) in [6.07, 6.45) is -4.39. The number of benzene rings is 1. The molecular formula is C15H21F3N2O. The Bertz CT molecular complexity index is 455. The second-order valence-corrected chi connectivity index (χ2v) is 5.33. The molecule has 21 heavy (non-hydrogen) atoms. The van der Waals surface area contributed by atoms with Crippen LogP contribution in [0.1, 0.15) is 37.8 Å². The highest BCUT2D eigenvalue weighted by Gasteiger charge is 2.28. The van der Waals surface area contributed by atoms with E-state index in [1.54, 1.807) is 0 Å². The summed E-state index contributed by atoms with van der Waals surface area (Å²) in [6, 6.07) is 7.23. The molecule has 0 radical (unpaired) electrons. The van der Waals surface area contributed by atoms with Gasteiger partial charge in [0.25, 0.3) is 0 Å². The first kappa shape index (κ1) is 17.5. The van der Waals surface area contributed by atoms with Gasteiger partial charge in [0, 0.05) is 6.54 Å². The fraction of sp³-hybridized carbons (Fsp3) is 0.533. The maximum Gasteiger partial charge on any atom is 0.405 e. The van der Waals surface area contributed by atoms with Gasteiger partial charge in [-0.25, -0.2) is 0 Å². The topological polar surface area (TPSA) is 41.1 Å². The van der Waals surface area contributed by atoms with Gasteiger partial charge in [-0.3, -0.25) is 4.79 Å². The lowest BCUT2D eigenvalue weighted by atomic mass is 10.0. The van der Waals surface area contributed by atoms with Crippen molar-refractivity contribution in [2.24, 2.45) is 0 Å². The van der Waals surface area contributed by atoms with E-state index >= 15 is 0 Å². The van der Waals surface area contributed by atoms with Crippen LogP contribution in [0.4, 0.5) is 13.2 Å². The van der Waals surface area contributed by atoms with Crippen molar-refractivity contribution in [1.82, 2.24) is 10.6 Å². The molecule has 1 rings (SSSR count). The molecule has 0 saturated carbocycles. The highest BCUT2D eigenvalue weighted by atomic mass is 19.4. The Kier molecular flexibility index (Phi) is 6.20. The minimum Gasteiger partial charge on any atom is -0.346 e. The Balaban J connectivity index is 2.41. The summed E-state index contributed by atoms with van der Waals surface area (Å²) in [5, 5.41) is 4.76. The molecule has 1 amide bonds. The number of hydrogen-bond donors (Lipinski definition) is 2. The highest BCUT2D eigenvalue weighted by molar-refractivity contribution is 5.81. The van der Waals surface area contributed by atoms with Crippen molar-refractivity contribution >= 4 is 5.91 Å². The maximum atomic E-state index is 12.0. The quantitative estimate of drug-likeness (QED) is 0.848. The van der Waals surface area contributed by atoms with Crippen molar-refractivity contribution in [3.8, 4) is 0 Å². The van der Waals surface area contributed by atoms with Gasteiger partial charge >= 0.3 is 6.18 Å². The van der Waals surface area contributed by atoms with Crippen LogP contribution in [-0.2, 0) is 11.3 Å². The molecule has 1 atom stereocenters. The standard InChI is InChI=1S/C15H21F3N2O/c1-10(2)13-6-4-12(5-7-13)8-19-11(3)14(21)20-9-15(16,17)18/h4-7,10-11,19H,8-9H2,1-3H3,(H,20,21). The van der Waals surface area contributed by atoms with Gasteiger partial charge in [0.1, 0.15) is 6.54 Å². The van der Waals surface area contributed by atoms with Gasteiger partial charge in [0.15, 0.2) is 0 Å².